The van der Waals surface area contributed by atoms with Gasteiger partial charge in [-0.2, -0.15) is 0 Å². The first-order valence-electron chi connectivity index (χ1n) is 7.92. The predicted molar refractivity (Wildman–Crippen MR) is 86.0 cm³/mol. The standard InChI is InChI=1S/C16H20N2O5S/c1-10-8-18(9-14(10)16(20)21)15(19)11-2-6-13(7-3-11)24(22,23)17-12-4-5-12/h2-3,6-7,10,12,14,17H,4-5,8-9H2,1H3,(H,20,21)/t10-,14-/m1/s1. The number of sulfonamides is 1. The molecule has 0 aromatic heterocycles. The van der Waals surface area contributed by atoms with E-state index < -0.39 is 21.9 Å². The molecule has 2 aliphatic rings. The number of carboxylic acids is 1. The lowest BCUT2D eigenvalue weighted by Crippen LogP contribution is -2.30. The predicted octanol–water partition coefficient (Wildman–Crippen LogP) is 0.920. The van der Waals surface area contributed by atoms with E-state index in [1.807, 2.05) is 6.92 Å². The van der Waals surface area contributed by atoms with Crippen molar-refractivity contribution in [1.29, 1.82) is 0 Å². The Morgan fingerprint density at radius 1 is 1.17 bits per heavy atom. The molecular formula is C16H20N2O5S. The maximum atomic E-state index is 12.5. The van der Waals surface area contributed by atoms with Gasteiger partial charge in [-0.05, 0) is 43.0 Å². The summed E-state index contributed by atoms with van der Waals surface area (Å²) in [6, 6.07) is 5.79. The number of likely N-dealkylation sites (tertiary alicyclic amines) is 1. The van der Waals surface area contributed by atoms with Gasteiger partial charge in [0, 0.05) is 24.7 Å². The Morgan fingerprint density at radius 2 is 1.79 bits per heavy atom. The Kier molecular flexibility index (Phi) is 4.35. The first kappa shape index (κ1) is 16.9. The SMILES string of the molecule is C[C@@H]1CN(C(=O)c2ccc(S(=O)(=O)NC3CC3)cc2)C[C@H]1C(=O)O. The molecule has 7 nitrogen and oxygen atoms in total. The van der Waals surface area contributed by atoms with Crippen LogP contribution >= 0.6 is 0 Å². The highest BCUT2D eigenvalue weighted by molar-refractivity contribution is 7.89. The van der Waals surface area contributed by atoms with E-state index in [0.29, 0.717) is 12.1 Å². The molecule has 0 unspecified atom stereocenters. The molecule has 0 radical (unpaired) electrons. The van der Waals surface area contributed by atoms with Crippen LogP contribution in [-0.4, -0.2) is 49.4 Å². The lowest BCUT2D eigenvalue weighted by Gasteiger charge is -2.16. The lowest BCUT2D eigenvalue weighted by molar-refractivity contribution is -0.142. The molecule has 2 fully saturated rings. The maximum Gasteiger partial charge on any atom is 0.308 e. The number of rotatable bonds is 5. The minimum atomic E-state index is -3.54. The molecule has 1 heterocycles. The van der Waals surface area contributed by atoms with Crippen molar-refractivity contribution >= 4 is 21.9 Å². The van der Waals surface area contributed by atoms with Gasteiger partial charge in [-0.25, -0.2) is 13.1 Å². The molecule has 0 spiro atoms. The second kappa shape index (κ2) is 6.18. The van der Waals surface area contributed by atoms with E-state index in [2.05, 4.69) is 4.72 Å². The molecule has 3 rings (SSSR count). The molecule has 1 amide bonds. The lowest BCUT2D eigenvalue weighted by atomic mass is 9.99. The number of hydrogen-bond acceptors (Lipinski definition) is 4. The van der Waals surface area contributed by atoms with Gasteiger partial charge >= 0.3 is 5.97 Å². The van der Waals surface area contributed by atoms with Crippen LogP contribution in [-0.2, 0) is 14.8 Å². The maximum absolute atomic E-state index is 12.5. The van der Waals surface area contributed by atoms with Gasteiger partial charge in [0.2, 0.25) is 10.0 Å². The fraction of sp³-hybridized carbons (Fsp3) is 0.500. The Labute approximate surface area is 140 Å². The molecule has 130 valence electrons. The molecule has 1 aliphatic carbocycles. The topological polar surface area (TPSA) is 104 Å². The highest BCUT2D eigenvalue weighted by atomic mass is 32.2. The van der Waals surface area contributed by atoms with Crippen LogP contribution < -0.4 is 4.72 Å². The van der Waals surface area contributed by atoms with E-state index in [-0.39, 0.29) is 29.3 Å². The fourth-order valence-corrected chi connectivity index (χ4v) is 4.21. The summed E-state index contributed by atoms with van der Waals surface area (Å²) in [5, 5.41) is 9.15. The minimum absolute atomic E-state index is 0.0235. The van der Waals surface area contributed by atoms with Gasteiger partial charge in [0.25, 0.3) is 5.91 Å². The Morgan fingerprint density at radius 3 is 2.29 bits per heavy atom. The van der Waals surface area contributed by atoms with Crippen LogP contribution in [0.2, 0.25) is 0 Å². The number of carboxylic acid groups (broad SMARTS) is 1. The van der Waals surface area contributed by atoms with E-state index in [0.717, 1.165) is 12.8 Å². The van der Waals surface area contributed by atoms with E-state index in [1.54, 1.807) is 0 Å². The molecule has 1 saturated heterocycles. The summed E-state index contributed by atoms with van der Waals surface area (Å²) in [6.45, 7) is 2.38. The normalized spacial score (nSPS) is 24.1. The van der Waals surface area contributed by atoms with Crippen molar-refractivity contribution in [3.63, 3.8) is 0 Å². The van der Waals surface area contributed by atoms with Crippen LogP contribution in [0, 0.1) is 11.8 Å². The number of aliphatic carboxylic acids is 1. The largest absolute Gasteiger partial charge is 0.481 e. The van der Waals surface area contributed by atoms with Crippen molar-refractivity contribution in [1.82, 2.24) is 9.62 Å². The highest BCUT2D eigenvalue weighted by Gasteiger charge is 2.37. The van der Waals surface area contributed by atoms with Gasteiger partial charge in [0.1, 0.15) is 0 Å². The summed E-state index contributed by atoms with van der Waals surface area (Å²) in [5.41, 5.74) is 0.360. The average molecular weight is 352 g/mol. The summed E-state index contributed by atoms with van der Waals surface area (Å²) >= 11 is 0. The third-order valence-electron chi connectivity index (χ3n) is 4.53. The molecule has 1 aromatic rings. The molecule has 2 atom stereocenters. The van der Waals surface area contributed by atoms with Crippen molar-refractivity contribution in [2.45, 2.75) is 30.7 Å². The number of nitrogens with zero attached hydrogens (tertiary/aromatic N) is 1. The van der Waals surface area contributed by atoms with Gasteiger partial charge < -0.3 is 10.0 Å². The zero-order chi connectivity index (χ0) is 17.5. The molecule has 1 aliphatic heterocycles. The number of carbonyl (C=O) groups excluding carboxylic acids is 1. The molecule has 2 N–H and O–H groups in total. The van der Waals surface area contributed by atoms with Gasteiger partial charge in [-0.15, -0.1) is 0 Å². The number of hydrogen-bond donors (Lipinski definition) is 2. The first-order valence-corrected chi connectivity index (χ1v) is 9.41. The second-order valence-electron chi connectivity index (χ2n) is 6.55. The van der Waals surface area contributed by atoms with Crippen LogP contribution in [0.25, 0.3) is 0 Å². The van der Waals surface area contributed by atoms with Crippen LogP contribution in [0.15, 0.2) is 29.2 Å². The highest BCUT2D eigenvalue weighted by Crippen LogP contribution is 2.25. The Hall–Kier alpha value is -1.93. The number of amides is 1. The number of nitrogens with one attached hydrogen (secondary N) is 1. The van der Waals surface area contributed by atoms with Crippen LogP contribution in [0.3, 0.4) is 0 Å². The quantitative estimate of drug-likeness (QED) is 0.820. The average Bonchev–Trinajstić information content (AvgIpc) is 3.24. The van der Waals surface area contributed by atoms with Crippen molar-refractivity contribution in [2.24, 2.45) is 11.8 Å². The van der Waals surface area contributed by atoms with E-state index in [4.69, 9.17) is 5.11 Å². The summed E-state index contributed by atoms with van der Waals surface area (Å²) in [6.07, 6.45) is 1.71. The van der Waals surface area contributed by atoms with Gasteiger partial charge in [0.15, 0.2) is 0 Å². The van der Waals surface area contributed by atoms with Crippen molar-refractivity contribution in [2.75, 3.05) is 13.1 Å². The van der Waals surface area contributed by atoms with Crippen LogP contribution in [0.1, 0.15) is 30.1 Å². The van der Waals surface area contributed by atoms with Gasteiger partial charge in [-0.3, -0.25) is 9.59 Å². The number of carbonyl (C=O) groups is 2. The molecule has 1 aromatic carbocycles. The summed E-state index contributed by atoms with van der Waals surface area (Å²) in [4.78, 5) is 25.3. The van der Waals surface area contributed by atoms with Crippen molar-refractivity contribution in [3.8, 4) is 0 Å². The Bertz CT molecular complexity index is 755. The van der Waals surface area contributed by atoms with Gasteiger partial charge in [0.05, 0.1) is 10.8 Å². The summed E-state index contributed by atoms with van der Waals surface area (Å²) in [7, 11) is -3.54. The molecule has 24 heavy (non-hydrogen) atoms. The zero-order valence-corrected chi connectivity index (χ0v) is 14.1. The molecule has 1 saturated carbocycles. The van der Waals surface area contributed by atoms with E-state index in [9.17, 15) is 18.0 Å². The fourth-order valence-electron chi connectivity index (χ4n) is 2.90. The minimum Gasteiger partial charge on any atom is -0.481 e. The number of benzene rings is 1. The van der Waals surface area contributed by atoms with E-state index in [1.165, 1.54) is 29.2 Å². The monoisotopic (exact) mass is 352 g/mol. The smallest absolute Gasteiger partial charge is 0.308 e. The van der Waals surface area contributed by atoms with Crippen LogP contribution in [0.4, 0.5) is 0 Å². The first-order chi connectivity index (χ1) is 11.3. The van der Waals surface area contributed by atoms with Crippen molar-refractivity contribution < 1.29 is 23.1 Å². The summed E-state index contributed by atoms with van der Waals surface area (Å²) < 4.78 is 26.8. The zero-order valence-electron chi connectivity index (χ0n) is 13.3. The van der Waals surface area contributed by atoms with Crippen molar-refractivity contribution in [3.05, 3.63) is 29.8 Å². The summed E-state index contributed by atoms with van der Waals surface area (Å²) in [5.74, 6) is -1.83. The molecule has 8 heteroatoms. The van der Waals surface area contributed by atoms with Gasteiger partial charge in [-0.1, -0.05) is 6.92 Å². The third-order valence-corrected chi connectivity index (χ3v) is 6.06. The second-order valence-corrected chi connectivity index (χ2v) is 8.27. The molecular weight excluding hydrogens is 332 g/mol. The third kappa shape index (κ3) is 3.44. The Balaban J connectivity index is 1.71. The van der Waals surface area contributed by atoms with E-state index >= 15 is 0 Å². The van der Waals surface area contributed by atoms with Crippen LogP contribution in [0.5, 0.6) is 0 Å². The molecule has 0 bridgehead atoms.